The van der Waals surface area contributed by atoms with Gasteiger partial charge in [0.05, 0.1) is 0 Å². The van der Waals surface area contributed by atoms with Crippen molar-refractivity contribution in [3.05, 3.63) is 5.01 Å². The summed E-state index contributed by atoms with van der Waals surface area (Å²) in [7, 11) is -9.98. The van der Waals surface area contributed by atoms with Gasteiger partial charge in [-0.25, -0.2) is 0 Å². The van der Waals surface area contributed by atoms with Crippen LogP contribution in [0, 0.1) is 6.92 Å². The monoisotopic (exact) mass is 289 g/mol. The van der Waals surface area contributed by atoms with Gasteiger partial charge in [0.1, 0.15) is 5.01 Å². The Balaban J connectivity index is 2.97. The van der Waals surface area contributed by atoms with Gasteiger partial charge in [0, 0.05) is 0 Å². The highest BCUT2D eigenvalue weighted by molar-refractivity contribution is 7.71. The summed E-state index contributed by atoms with van der Waals surface area (Å²) in [5, 5.41) is 9.42. The Kier molecular flexibility index (Phi) is 3.86. The zero-order valence-electron chi connectivity index (χ0n) is 7.88. The molecule has 0 aliphatic carbocycles. The maximum Gasteiger partial charge on any atom is 0.360 e. The molecular weight excluding hydrogens is 280 g/mol. The number of nitrogens with one attached hydrogen (secondary N) is 1. The van der Waals surface area contributed by atoms with Crippen molar-refractivity contribution in [2.75, 3.05) is 5.32 Å². The predicted molar refractivity (Wildman–Crippen MR) is 56.1 cm³/mol. The molecule has 1 heterocycles. The second-order valence-electron chi connectivity index (χ2n) is 2.82. The average molecular weight is 289 g/mol. The second-order valence-corrected chi connectivity index (χ2v) is 7.80. The van der Waals surface area contributed by atoms with Crippen LogP contribution in [0.25, 0.3) is 0 Å². The van der Waals surface area contributed by atoms with Gasteiger partial charge in [-0.05, 0) is 6.92 Å². The maximum atomic E-state index is 10.9. The Morgan fingerprint density at radius 1 is 1.19 bits per heavy atom. The largest absolute Gasteiger partial charge is 0.360 e. The van der Waals surface area contributed by atoms with Crippen LogP contribution in [-0.4, -0.2) is 35.3 Å². The zero-order chi connectivity index (χ0) is 12.6. The molecule has 0 saturated carbocycles. The molecule has 0 unspecified atom stereocenters. The summed E-state index contributed by atoms with van der Waals surface area (Å²) in [4.78, 5) is 35.2. The summed E-state index contributed by atoms with van der Waals surface area (Å²) in [5.74, 6) is 0. The molecule has 0 aromatic carbocycles. The first-order valence-electron chi connectivity index (χ1n) is 3.78. The minimum absolute atomic E-state index is 0.0610. The van der Waals surface area contributed by atoms with Crippen LogP contribution in [0.3, 0.4) is 0 Å². The number of aryl methyl sites for hydroxylation is 1. The molecule has 0 amide bonds. The summed E-state index contributed by atoms with van der Waals surface area (Å²) in [6.07, 6.45) is 0. The highest BCUT2D eigenvalue weighted by Crippen LogP contribution is 2.59. The molecule has 1 rings (SSSR count). The molecule has 16 heavy (non-hydrogen) atoms. The third kappa shape index (κ3) is 3.60. The van der Waals surface area contributed by atoms with Crippen molar-refractivity contribution in [3.8, 4) is 0 Å². The topological polar surface area (TPSA) is 153 Å². The van der Waals surface area contributed by atoms with Crippen LogP contribution in [0.4, 0.5) is 5.13 Å². The average Bonchev–Trinajstić information content (AvgIpc) is 2.43. The fraction of sp³-hybridized carbons (Fsp3) is 0.500. The number of hydrogen-bond donors (Lipinski definition) is 5. The Labute approximate surface area is 93.9 Å². The summed E-state index contributed by atoms with van der Waals surface area (Å²) < 4.78 is 21.8. The molecule has 0 radical (unpaired) electrons. The highest BCUT2D eigenvalue weighted by atomic mass is 32.1. The van der Waals surface area contributed by atoms with Gasteiger partial charge in [0.2, 0.25) is 10.7 Å². The van der Waals surface area contributed by atoms with E-state index in [1.165, 1.54) is 0 Å². The lowest BCUT2D eigenvalue weighted by molar-refractivity contribution is 0.343. The fourth-order valence-electron chi connectivity index (χ4n) is 0.829. The minimum Gasteiger partial charge on any atom is -0.336 e. The summed E-state index contributed by atoms with van der Waals surface area (Å²) in [5.41, 5.74) is -2.30. The SMILES string of the molecule is Cc1nnc(NC(P(=O)(O)O)P(=O)(O)O)s1. The van der Waals surface area contributed by atoms with Gasteiger partial charge in [0.15, 0.2) is 0 Å². The molecule has 9 nitrogen and oxygen atoms in total. The third-order valence-electron chi connectivity index (χ3n) is 1.42. The van der Waals surface area contributed by atoms with Gasteiger partial charge in [-0.1, -0.05) is 11.3 Å². The van der Waals surface area contributed by atoms with Crippen LogP contribution >= 0.6 is 26.5 Å². The summed E-state index contributed by atoms with van der Waals surface area (Å²) >= 11 is 0.928. The van der Waals surface area contributed by atoms with Gasteiger partial charge in [-0.2, -0.15) is 0 Å². The first-order valence-corrected chi connectivity index (χ1v) is 7.96. The van der Waals surface area contributed by atoms with E-state index < -0.39 is 20.7 Å². The Bertz CT molecular complexity index is 442. The van der Waals surface area contributed by atoms with Crippen molar-refractivity contribution in [3.63, 3.8) is 0 Å². The van der Waals surface area contributed by atoms with Crippen LogP contribution in [0.5, 0.6) is 0 Å². The Morgan fingerprint density at radius 2 is 1.69 bits per heavy atom. The van der Waals surface area contributed by atoms with Gasteiger partial charge in [-0.15, -0.1) is 10.2 Å². The lowest BCUT2D eigenvalue weighted by atomic mass is 10.9. The van der Waals surface area contributed by atoms with Crippen molar-refractivity contribution in [1.82, 2.24) is 10.2 Å². The number of nitrogens with zero attached hydrogens (tertiary/aromatic N) is 2. The Morgan fingerprint density at radius 3 is 2.00 bits per heavy atom. The van der Waals surface area contributed by atoms with Gasteiger partial charge in [-0.3, -0.25) is 9.13 Å². The molecule has 1 aromatic rings. The van der Waals surface area contributed by atoms with Gasteiger partial charge < -0.3 is 24.9 Å². The molecule has 0 aliphatic heterocycles. The fourth-order valence-corrected chi connectivity index (χ4v) is 3.77. The minimum atomic E-state index is -4.99. The molecule has 0 aliphatic rings. The van der Waals surface area contributed by atoms with E-state index in [4.69, 9.17) is 19.6 Å². The molecule has 1 aromatic heterocycles. The molecule has 5 N–H and O–H groups in total. The zero-order valence-corrected chi connectivity index (χ0v) is 10.5. The second kappa shape index (κ2) is 4.50. The maximum absolute atomic E-state index is 10.9. The molecule has 92 valence electrons. The van der Waals surface area contributed by atoms with Crippen molar-refractivity contribution in [2.45, 2.75) is 12.4 Å². The van der Waals surface area contributed by atoms with E-state index >= 15 is 0 Å². The normalized spacial score (nSPS) is 13.1. The number of aromatic nitrogens is 2. The van der Waals surface area contributed by atoms with E-state index in [1.807, 2.05) is 5.32 Å². The van der Waals surface area contributed by atoms with Crippen LogP contribution in [0.2, 0.25) is 0 Å². The van der Waals surface area contributed by atoms with Crippen molar-refractivity contribution >= 4 is 31.7 Å². The molecule has 0 saturated heterocycles. The van der Waals surface area contributed by atoms with E-state index in [9.17, 15) is 9.13 Å². The van der Waals surface area contributed by atoms with E-state index in [0.29, 0.717) is 5.01 Å². The van der Waals surface area contributed by atoms with Crippen molar-refractivity contribution in [2.24, 2.45) is 0 Å². The standard InChI is InChI=1S/C4H9N3O6P2S/c1-2-6-7-3(16-2)5-4(14(8,9)10)15(11,12)13/h4H,1H3,(H,5,7)(H2,8,9,10)(H2,11,12,13). The van der Waals surface area contributed by atoms with Crippen molar-refractivity contribution < 1.29 is 28.7 Å². The first-order chi connectivity index (χ1) is 7.10. The van der Waals surface area contributed by atoms with Crippen LogP contribution in [0.1, 0.15) is 5.01 Å². The predicted octanol–water partition coefficient (Wildman–Crippen LogP) is -0.103. The Hall–Kier alpha value is -0.340. The molecule has 12 heteroatoms. The van der Waals surface area contributed by atoms with Gasteiger partial charge >= 0.3 is 15.2 Å². The number of anilines is 1. The smallest absolute Gasteiger partial charge is 0.336 e. The first kappa shape index (κ1) is 13.7. The van der Waals surface area contributed by atoms with Gasteiger partial charge in [0.25, 0.3) is 0 Å². The quantitative estimate of drug-likeness (QED) is 0.478. The van der Waals surface area contributed by atoms with Crippen LogP contribution in [0.15, 0.2) is 0 Å². The number of hydrogen-bond acceptors (Lipinski definition) is 6. The third-order valence-corrected chi connectivity index (χ3v) is 5.52. The van der Waals surface area contributed by atoms with E-state index in [-0.39, 0.29) is 5.13 Å². The summed E-state index contributed by atoms with van der Waals surface area (Å²) in [6.45, 7) is 1.59. The van der Waals surface area contributed by atoms with Crippen molar-refractivity contribution in [1.29, 1.82) is 0 Å². The molecule has 0 bridgehead atoms. The molecular formula is C4H9N3O6P2S. The highest BCUT2D eigenvalue weighted by Gasteiger charge is 2.44. The lowest BCUT2D eigenvalue weighted by Crippen LogP contribution is -2.19. The molecule has 0 atom stereocenters. The lowest BCUT2D eigenvalue weighted by Gasteiger charge is -2.19. The van der Waals surface area contributed by atoms with Crippen LogP contribution in [-0.2, 0) is 9.13 Å². The van der Waals surface area contributed by atoms with E-state index in [1.54, 1.807) is 6.92 Å². The van der Waals surface area contributed by atoms with E-state index in [0.717, 1.165) is 11.3 Å². The van der Waals surface area contributed by atoms with E-state index in [2.05, 4.69) is 10.2 Å². The molecule has 0 fully saturated rings. The van der Waals surface area contributed by atoms with Crippen LogP contribution < -0.4 is 5.32 Å². The summed E-state index contributed by atoms with van der Waals surface area (Å²) in [6, 6.07) is 0. The molecule has 0 spiro atoms. The number of rotatable bonds is 4.